The number of allylic oxidation sites excluding steroid dienone is 2. The monoisotopic (exact) mass is 218 g/mol. The minimum absolute atomic E-state index is 0.547. The van der Waals surface area contributed by atoms with Crippen molar-refractivity contribution >= 4 is 21.7 Å². The van der Waals surface area contributed by atoms with E-state index in [4.69, 9.17) is 16.0 Å². The maximum Gasteiger partial charge on any atom is 0.298 e. The number of Topliss-reactive ketones (excluding diaryl/α,β-unsaturated/α-hetero) is 1. The van der Waals surface area contributed by atoms with Crippen LogP contribution in [0.3, 0.4) is 0 Å². The van der Waals surface area contributed by atoms with Crippen LogP contribution in [0.1, 0.15) is 0 Å². The van der Waals surface area contributed by atoms with Gasteiger partial charge in [0.15, 0.2) is 0 Å². The van der Waals surface area contributed by atoms with E-state index in [9.17, 15) is 18.0 Å². The van der Waals surface area contributed by atoms with Gasteiger partial charge < -0.3 is 11.5 Å². The molecule has 0 fully saturated rings. The Bertz CT molecular complexity index is 484. The number of hydrogen-bond acceptors (Lipinski definition) is 6. The zero-order valence-corrected chi connectivity index (χ0v) is 7.54. The Morgan fingerprint density at radius 2 is 1.71 bits per heavy atom. The first-order valence-electron chi connectivity index (χ1n) is 3.28. The second-order valence-electron chi connectivity index (χ2n) is 2.51. The Hall–Kier alpha value is -1.67. The van der Waals surface area contributed by atoms with E-state index < -0.39 is 38.0 Å². The van der Waals surface area contributed by atoms with Crippen molar-refractivity contribution < 1.29 is 22.6 Å². The molecule has 0 unspecified atom stereocenters. The lowest BCUT2D eigenvalue weighted by Gasteiger charge is -2.11. The Morgan fingerprint density at radius 3 is 2.14 bits per heavy atom. The standard InChI is InChI=1S/C6H6N2O5S/c7-2-1-3(9)5(10)4(8)6(2)14(11,12)13/h1H,7-8H2,(H,11,12,13). The van der Waals surface area contributed by atoms with Crippen LogP contribution in [0.15, 0.2) is 22.4 Å². The summed E-state index contributed by atoms with van der Waals surface area (Å²) in [6.45, 7) is 0. The van der Waals surface area contributed by atoms with Gasteiger partial charge in [0.2, 0.25) is 11.6 Å². The molecule has 0 bridgehead atoms. The number of carbonyl (C=O) groups is 2. The number of carbonyl (C=O) groups excluding carboxylic acids is 2. The molecule has 8 heteroatoms. The fourth-order valence-electron chi connectivity index (χ4n) is 0.952. The molecule has 14 heavy (non-hydrogen) atoms. The largest absolute Gasteiger partial charge is 0.397 e. The van der Waals surface area contributed by atoms with Gasteiger partial charge in [-0.25, -0.2) is 0 Å². The van der Waals surface area contributed by atoms with Crippen LogP contribution in [0.25, 0.3) is 0 Å². The molecule has 1 aliphatic carbocycles. The molecule has 1 rings (SSSR count). The van der Waals surface area contributed by atoms with Crippen LogP contribution < -0.4 is 11.5 Å². The Morgan fingerprint density at radius 1 is 1.21 bits per heavy atom. The number of rotatable bonds is 1. The van der Waals surface area contributed by atoms with Crippen LogP contribution in [0.2, 0.25) is 0 Å². The first kappa shape index (κ1) is 10.4. The van der Waals surface area contributed by atoms with Crippen molar-refractivity contribution in [2.45, 2.75) is 0 Å². The van der Waals surface area contributed by atoms with Crippen LogP contribution in [0.5, 0.6) is 0 Å². The summed E-state index contributed by atoms with van der Waals surface area (Å²) < 4.78 is 30.0. The van der Waals surface area contributed by atoms with Gasteiger partial charge in [0.25, 0.3) is 10.1 Å². The summed E-state index contributed by atoms with van der Waals surface area (Å²) in [6, 6.07) is 0. The highest BCUT2D eigenvalue weighted by molar-refractivity contribution is 7.90. The quantitative estimate of drug-likeness (QED) is 0.263. The van der Waals surface area contributed by atoms with E-state index in [1.807, 2.05) is 0 Å². The second-order valence-corrected chi connectivity index (χ2v) is 3.87. The van der Waals surface area contributed by atoms with Gasteiger partial charge in [-0.15, -0.1) is 0 Å². The van der Waals surface area contributed by atoms with Crippen LogP contribution in [0.4, 0.5) is 0 Å². The number of ketones is 2. The summed E-state index contributed by atoms with van der Waals surface area (Å²) in [7, 11) is -4.69. The fraction of sp³-hybridized carbons (Fsp3) is 0. The SMILES string of the molecule is NC1=CC(=O)C(=O)C(N)=C1S(=O)(=O)O. The van der Waals surface area contributed by atoms with E-state index in [0.29, 0.717) is 6.08 Å². The van der Waals surface area contributed by atoms with Crippen molar-refractivity contribution in [1.29, 1.82) is 0 Å². The molecule has 76 valence electrons. The van der Waals surface area contributed by atoms with Crippen molar-refractivity contribution in [3.05, 3.63) is 22.4 Å². The molecular weight excluding hydrogens is 212 g/mol. The molecule has 0 heterocycles. The molecule has 1 aliphatic rings. The molecule has 7 nitrogen and oxygen atoms in total. The third-order valence-corrected chi connectivity index (χ3v) is 2.49. The van der Waals surface area contributed by atoms with E-state index in [1.54, 1.807) is 0 Å². The molecule has 0 aliphatic heterocycles. The molecule has 0 amide bonds. The summed E-state index contributed by atoms with van der Waals surface area (Å²) >= 11 is 0. The average Bonchev–Trinajstić information content (AvgIpc) is 1.97. The van der Waals surface area contributed by atoms with Crippen molar-refractivity contribution in [2.75, 3.05) is 0 Å². The average molecular weight is 218 g/mol. The maximum atomic E-state index is 10.9. The van der Waals surface area contributed by atoms with Gasteiger partial charge in [-0.3, -0.25) is 14.1 Å². The van der Waals surface area contributed by atoms with E-state index in [2.05, 4.69) is 0 Å². The molecule has 0 saturated carbocycles. The smallest absolute Gasteiger partial charge is 0.298 e. The van der Waals surface area contributed by atoms with Gasteiger partial charge in [-0.1, -0.05) is 0 Å². The van der Waals surface area contributed by atoms with E-state index in [0.717, 1.165) is 0 Å². The molecule has 0 radical (unpaired) electrons. The predicted molar refractivity (Wildman–Crippen MR) is 45.0 cm³/mol. The molecule has 0 aromatic rings. The number of hydrogen-bond donors (Lipinski definition) is 3. The van der Waals surface area contributed by atoms with Crippen molar-refractivity contribution in [3.63, 3.8) is 0 Å². The topological polar surface area (TPSA) is 141 Å². The molecular formula is C6H6N2O5S. The summed E-state index contributed by atoms with van der Waals surface area (Å²) in [5, 5.41) is 0. The van der Waals surface area contributed by atoms with Gasteiger partial charge in [0, 0.05) is 6.08 Å². The summed E-state index contributed by atoms with van der Waals surface area (Å²) in [5.74, 6) is -2.22. The second kappa shape index (κ2) is 2.93. The molecule has 0 saturated heterocycles. The highest BCUT2D eigenvalue weighted by Crippen LogP contribution is 2.19. The normalized spacial score (nSPS) is 18.5. The summed E-state index contributed by atoms with van der Waals surface area (Å²) in [6.07, 6.45) is 0.599. The molecule has 5 N–H and O–H groups in total. The zero-order chi connectivity index (χ0) is 11.1. The molecule has 0 aromatic heterocycles. The molecule has 0 atom stereocenters. The lowest BCUT2D eigenvalue weighted by Crippen LogP contribution is -2.31. The van der Waals surface area contributed by atoms with Crippen LogP contribution in [-0.4, -0.2) is 24.5 Å². The minimum atomic E-state index is -4.69. The lowest BCUT2D eigenvalue weighted by molar-refractivity contribution is -0.131. The highest BCUT2D eigenvalue weighted by Gasteiger charge is 2.32. The maximum absolute atomic E-state index is 10.9. The third kappa shape index (κ3) is 1.52. The summed E-state index contributed by atoms with van der Waals surface area (Å²) in [5.41, 5.74) is 8.75. The van der Waals surface area contributed by atoms with E-state index >= 15 is 0 Å². The van der Waals surface area contributed by atoms with Crippen LogP contribution in [0, 0.1) is 0 Å². The van der Waals surface area contributed by atoms with Crippen molar-refractivity contribution in [3.8, 4) is 0 Å². The van der Waals surface area contributed by atoms with Gasteiger partial charge in [0.1, 0.15) is 10.6 Å². The fourth-order valence-corrected chi connectivity index (χ4v) is 1.68. The van der Waals surface area contributed by atoms with Crippen molar-refractivity contribution in [1.82, 2.24) is 0 Å². The van der Waals surface area contributed by atoms with Crippen LogP contribution in [-0.2, 0) is 19.7 Å². The lowest BCUT2D eigenvalue weighted by atomic mass is 10.1. The van der Waals surface area contributed by atoms with E-state index in [-0.39, 0.29) is 0 Å². The first-order chi connectivity index (χ1) is 6.25. The Kier molecular flexibility index (Phi) is 2.18. The predicted octanol–water partition coefficient (Wildman–Crippen LogP) is -1.96. The zero-order valence-electron chi connectivity index (χ0n) is 6.72. The molecule has 0 aromatic carbocycles. The van der Waals surface area contributed by atoms with Crippen LogP contribution >= 0.6 is 0 Å². The van der Waals surface area contributed by atoms with E-state index in [1.165, 1.54) is 0 Å². The third-order valence-electron chi connectivity index (χ3n) is 1.52. The Labute approximate surface area is 78.8 Å². The highest BCUT2D eigenvalue weighted by atomic mass is 32.2. The number of nitrogens with two attached hydrogens (primary N) is 2. The van der Waals surface area contributed by atoms with Gasteiger partial charge in [0.05, 0.1) is 5.70 Å². The first-order valence-corrected chi connectivity index (χ1v) is 4.72. The van der Waals surface area contributed by atoms with Gasteiger partial charge in [-0.05, 0) is 0 Å². The molecule has 0 spiro atoms. The minimum Gasteiger partial charge on any atom is -0.397 e. The van der Waals surface area contributed by atoms with Gasteiger partial charge in [-0.2, -0.15) is 8.42 Å². The summed E-state index contributed by atoms with van der Waals surface area (Å²) in [4.78, 5) is 20.8. The van der Waals surface area contributed by atoms with Gasteiger partial charge >= 0.3 is 0 Å². The Balaban J connectivity index is 3.51. The van der Waals surface area contributed by atoms with Crippen molar-refractivity contribution in [2.24, 2.45) is 11.5 Å².